The second-order valence-corrected chi connectivity index (χ2v) is 2.36. The van der Waals surface area contributed by atoms with E-state index in [4.69, 9.17) is 11.5 Å². The molecule has 4 N–H and O–H groups in total. The summed E-state index contributed by atoms with van der Waals surface area (Å²) in [5, 5.41) is 0. The Bertz CT molecular complexity index is 209. The van der Waals surface area contributed by atoms with Crippen molar-refractivity contribution in [1.29, 1.82) is 0 Å². The first kappa shape index (κ1) is 12.0. The molecule has 0 aromatic carbocycles. The molecule has 0 bridgehead atoms. The molecular weight excluding hydrogens is 182 g/mol. The Labute approximate surface area is 74.5 Å². The van der Waals surface area contributed by atoms with E-state index in [0.717, 1.165) is 13.2 Å². The number of carbonyl (C=O) groups is 1. The van der Waals surface area contributed by atoms with Crippen LogP contribution in [0.4, 0.5) is 8.78 Å². The van der Waals surface area contributed by atoms with Gasteiger partial charge in [0.1, 0.15) is 0 Å². The van der Waals surface area contributed by atoms with Crippen LogP contribution in [-0.4, -0.2) is 31.6 Å². The van der Waals surface area contributed by atoms with Gasteiger partial charge in [0.15, 0.2) is 5.54 Å². The number of rotatable bonds is 4. The predicted molar refractivity (Wildman–Crippen MR) is 43.1 cm³/mol. The number of halogens is 2. The minimum Gasteiger partial charge on any atom is -0.467 e. The van der Waals surface area contributed by atoms with Crippen molar-refractivity contribution >= 4 is 5.97 Å². The summed E-state index contributed by atoms with van der Waals surface area (Å²) in [7, 11) is 0.989. The maximum absolute atomic E-state index is 12.3. The maximum Gasteiger partial charge on any atom is 0.335 e. The van der Waals surface area contributed by atoms with Gasteiger partial charge in [0, 0.05) is 6.54 Å². The summed E-state index contributed by atoms with van der Waals surface area (Å²) >= 11 is 0. The quantitative estimate of drug-likeness (QED) is 0.473. The summed E-state index contributed by atoms with van der Waals surface area (Å²) in [6.45, 7) is 0.0304. The van der Waals surface area contributed by atoms with Gasteiger partial charge < -0.3 is 16.2 Å². The second kappa shape index (κ2) is 4.88. The van der Waals surface area contributed by atoms with Gasteiger partial charge in [-0.05, 0) is 0 Å². The summed E-state index contributed by atoms with van der Waals surface area (Å²) < 4.78 is 28.8. The van der Waals surface area contributed by atoms with Crippen LogP contribution in [0.25, 0.3) is 0 Å². The zero-order valence-corrected chi connectivity index (χ0v) is 7.17. The Hall–Kier alpha value is -1.01. The topological polar surface area (TPSA) is 78.3 Å². The van der Waals surface area contributed by atoms with Crippen LogP contribution in [0.5, 0.6) is 0 Å². The molecule has 0 amide bonds. The molecule has 76 valence electrons. The van der Waals surface area contributed by atoms with E-state index in [1.54, 1.807) is 0 Å². The Morgan fingerprint density at radius 1 is 1.69 bits per heavy atom. The number of esters is 1. The van der Waals surface area contributed by atoms with Crippen LogP contribution in [0.3, 0.4) is 0 Å². The van der Waals surface area contributed by atoms with E-state index in [9.17, 15) is 13.6 Å². The lowest BCUT2D eigenvalue weighted by Crippen LogP contribution is -2.53. The molecule has 0 aliphatic heterocycles. The van der Waals surface area contributed by atoms with Crippen molar-refractivity contribution in [3.8, 4) is 0 Å². The van der Waals surface area contributed by atoms with E-state index >= 15 is 0 Å². The van der Waals surface area contributed by atoms with Crippen LogP contribution in [0, 0.1) is 0 Å². The molecule has 0 saturated carbocycles. The molecule has 0 aromatic heterocycles. The zero-order valence-electron chi connectivity index (χ0n) is 7.17. The number of nitrogens with two attached hydrogens (primary N) is 2. The second-order valence-electron chi connectivity index (χ2n) is 2.36. The van der Waals surface area contributed by atoms with Crippen molar-refractivity contribution in [2.75, 3.05) is 13.7 Å². The van der Waals surface area contributed by atoms with Crippen LogP contribution in [0.15, 0.2) is 12.2 Å². The van der Waals surface area contributed by atoms with Crippen molar-refractivity contribution in [1.82, 2.24) is 0 Å². The van der Waals surface area contributed by atoms with E-state index in [2.05, 4.69) is 4.74 Å². The molecule has 0 saturated heterocycles. The average molecular weight is 194 g/mol. The minimum absolute atomic E-state index is 0.0304. The van der Waals surface area contributed by atoms with Crippen molar-refractivity contribution in [3.05, 3.63) is 12.2 Å². The molecule has 0 aliphatic carbocycles. The van der Waals surface area contributed by atoms with Gasteiger partial charge >= 0.3 is 5.97 Å². The molecule has 0 fully saturated rings. The smallest absolute Gasteiger partial charge is 0.335 e. The number of methoxy groups -OCH3 is 1. The van der Waals surface area contributed by atoms with E-state index in [1.807, 2.05) is 0 Å². The van der Waals surface area contributed by atoms with Crippen molar-refractivity contribution in [3.63, 3.8) is 0 Å². The van der Waals surface area contributed by atoms with Crippen LogP contribution in [0.2, 0.25) is 0 Å². The number of ether oxygens (including phenoxy) is 1. The molecular formula is C7H12F2N2O2. The van der Waals surface area contributed by atoms with Gasteiger partial charge in [0.2, 0.25) is 0 Å². The standard InChI is InChI=1S/C7H12F2N2O2/c1-13-6(12)7(11,5(8)9)3-2-4-10/h2-3,5H,4,10-11H2,1H3/b3-2+. The van der Waals surface area contributed by atoms with Gasteiger partial charge in [-0.2, -0.15) is 0 Å². The first-order valence-corrected chi connectivity index (χ1v) is 3.52. The Balaban J connectivity index is 4.72. The Morgan fingerprint density at radius 3 is 2.54 bits per heavy atom. The van der Waals surface area contributed by atoms with Crippen LogP contribution >= 0.6 is 0 Å². The van der Waals surface area contributed by atoms with E-state index in [1.165, 1.54) is 6.08 Å². The molecule has 0 rings (SSSR count). The first-order valence-electron chi connectivity index (χ1n) is 3.52. The number of carbonyl (C=O) groups excluding carboxylic acids is 1. The zero-order chi connectivity index (χ0) is 10.5. The fourth-order valence-electron chi connectivity index (χ4n) is 0.670. The van der Waals surface area contributed by atoms with Crippen molar-refractivity contribution in [2.24, 2.45) is 11.5 Å². The highest BCUT2D eigenvalue weighted by Crippen LogP contribution is 2.16. The third kappa shape index (κ3) is 2.74. The molecule has 1 atom stereocenters. The van der Waals surface area contributed by atoms with Gasteiger partial charge in [-0.15, -0.1) is 0 Å². The molecule has 4 nitrogen and oxygen atoms in total. The normalized spacial score (nSPS) is 16.2. The predicted octanol–water partition coefficient (Wildman–Crippen LogP) is -0.363. The Kier molecular flexibility index (Phi) is 4.50. The van der Waals surface area contributed by atoms with Gasteiger partial charge in [-0.1, -0.05) is 12.2 Å². The number of hydrogen-bond donors (Lipinski definition) is 2. The highest BCUT2D eigenvalue weighted by Gasteiger charge is 2.42. The first-order chi connectivity index (χ1) is 5.99. The van der Waals surface area contributed by atoms with Crippen LogP contribution in [-0.2, 0) is 9.53 Å². The third-order valence-electron chi connectivity index (χ3n) is 1.43. The van der Waals surface area contributed by atoms with Gasteiger partial charge in [0.05, 0.1) is 7.11 Å². The van der Waals surface area contributed by atoms with Gasteiger partial charge in [-0.3, -0.25) is 0 Å². The Morgan fingerprint density at radius 2 is 2.23 bits per heavy atom. The SMILES string of the molecule is COC(=O)C(N)(/C=C/CN)C(F)F. The molecule has 6 heteroatoms. The molecule has 0 aliphatic rings. The van der Waals surface area contributed by atoms with Crippen LogP contribution in [0.1, 0.15) is 0 Å². The lowest BCUT2D eigenvalue weighted by molar-refractivity contribution is -0.150. The lowest BCUT2D eigenvalue weighted by atomic mass is 10.0. The minimum atomic E-state index is -3.03. The maximum atomic E-state index is 12.3. The monoisotopic (exact) mass is 194 g/mol. The summed E-state index contributed by atoms with van der Waals surface area (Å²) in [5.74, 6) is -1.19. The van der Waals surface area contributed by atoms with Crippen molar-refractivity contribution < 1.29 is 18.3 Å². The molecule has 13 heavy (non-hydrogen) atoms. The van der Waals surface area contributed by atoms with E-state index < -0.39 is 17.9 Å². The largest absolute Gasteiger partial charge is 0.467 e. The lowest BCUT2D eigenvalue weighted by Gasteiger charge is -2.21. The summed E-state index contributed by atoms with van der Waals surface area (Å²) in [4.78, 5) is 10.9. The average Bonchev–Trinajstić information content (AvgIpc) is 2.12. The van der Waals surface area contributed by atoms with E-state index in [0.29, 0.717) is 0 Å². The highest BCUT2D eigenvalue weighted by molar-refractivity contribution is 5.83. The number of alkyl halides is 2. The molecule has 0 aromatic rings. The third-order valence-corrected chi connectivity index (χ3v) is 1.43. The molecule has 1 unspecified atom stereocenters. The van der Waals surface area contributed by atoms with E-state index in [-0.39, 0.29) is 6.54 Å². The molecule has 0 radical (unpaired) electrons. The molecule has 0 spiro atoms. The fourth-order valence-corrected chi connectivity index (χ4v) is 0.670. The van der Waals surface area contributed by atoms with Gasteiger partial charge in [0.25, 0.3) is 6.43 Å². The number of hydrogen-bond acceptors (Lipinski definition) is 4. The fraction of sp³-hybridized carbons (Fsp3) is 0.571. The highest BCUT2D eigenvalue weighted by atomic mass is 19.3. The van der Waals surface area contributed by atoms with Gasteiger partial charge in [-0.25, -0.2) is 13.6 Å². The summed E-state index contributed by atoms with van der Waals surface area (Å²) in [6.07, 6.45) is -0.991. The van der Waals surface area contributed by atoms with Crippen LogP contribution < -0.4 is 11.5 Å². The summed E-state index contributed by atoms with van der Waals surface area (Å²) in [6, 6.07) is 0. The summed E-state index contributed by atoms with van der Waals surface area (Å²) in [5.41, 5.74) is 7.76. The molecule has 0 heterocycles. The van der Waals surface area contributed by atoms with Crippen molar-refractivity contribution in [2.45, 2.75) is 12.0 Å².